The number of rotatable bonds is 10. The van der Waals surface area contributed by atoms with E-state index >= 15 is 0 Å². The lowest BCUT2D eigenvalue weighted by Crippen LogP contribution is -2.20. The van der Waals surface area contributed by atoms with E-state index in [2.05, 4.69) is 10.3 Å². The fourth-order valence-corrected chi connectivity index (χ4v) is 5.62. The average molecular weight is 451 g/mol. The van der Waals surface area contributed by atoms with Crippen LogP contribution in [0.5, 0.6) is 11.5 Å². The Morgan fingerprint density at radius 2 is 1.68 bits per heavy atom. The highest BCUT2D eigenvalue weighted by molar-refractivity contribution is 7.53. The molecule has 1 aromatic heterocycles. The molecule has 0 radical (unpaired) electrons. The summed E-state index contributed by atoms with van der Waals surface area (Å²) in [5.41, 5.74) is 4.02. The molecular weight excluding hydrogens is 415 g/mol. The molecule has 2 N–H and O–H groups in total. The van der Waals surface area contributed by atoms with Crippen LogP contribution in [0.4, 0.5) is 5.69 Å². The summed E-state index contributed by atoms with van der Waals surface area (Å²) in [6.45, 7) is 13.0. The molecule has 0 aliphatic heterocycles. The molecule has 0 amide bonds. The molecule has 0 saturated heterocycles. The molecule has 0 bridgehead atoms. The lowest BCUT2D eigenvalue weighted by atomic mass is 10.0. The third-order valence-corrected chi connectivity index (χ3v) is 6.91. The fourth-order valence-electron chi connectivity index (χ4n) is 3.37. The molecule has 0 fully saturated rings. The minimum atomic E-state index is -3.45. The Hall–Kier alpha value is -2.08. The molecule has 0 spiro atoms. The van der Waals surface area contributed by atoms with Crippen molar-refractivity contribution < 1.29 is 23.5 Å². The summed E-state index contributed by atoms with van der Waals surface area (Å²) in [6, 6.07) is 7.03. The van der Waals surface area contributed by atoms with Gasteiger partial charge in [0, 0.05) is 5.69 Å². The molecule has 172 valence electrons. The van der Waals surface area contributed by atoms with Crippen LogP contribution in [0, 0.1) is 20.8 Å². The summed E-state index contributed by atoms with van der Waals surface area (Å²) in [4.78, 5) is 4.52. The number of aryl methyl sites for hydroxylation is 3. The Labute approximate surface area is 185 Å². The van der Waals surface area contributed by atoms with E-state index in [0.717, 1.165) is 22.6 Å². The first-order valence-electron chi connectivity index (χ1n) is 10.5. The van der Waals surface area contributed by atoms with Gasteiger partial charge >= 0.3 is 7.60 Å². The van der Waals surface area contributed by atoms with Gasteiger partial charge in [0.25, 0.3) is 0 Å². The maximum absolute atomic E-state index is 13.7. The van der Waals surface area contributed by atoms with E-state index in [1.165, 1.54) is 7.11 Å². The summed E-state index contributed by atoms with van der Waals surface area (Å²) in [6.07, 6.45) is -0.419. The highest BCUT2D eigenvalue weighted by Gasteiger charge is 2.33. The molecule has 1 heterocycles. The fraction of sp³-hybridized carbons (Fsp3) is 0.522. The second-order valence-electron chi connectivity index (χ2n) is 8.27. The van der Waals surface area contributed by atoms with Gasteiger partial charge in [-0.05, 0) is 77.8 Å². The largest absolute Gasteiger partial charge is 0.504 e. The second kappa shape index (κ2) is 10.5. The van der Waals surface area contributed by atoms with E-state index in [-0.39, 0.29) is 24.1 Å². The van der Waals surface area contributed by atoms with Crippen LogP contribution in [-0.4, -0.2) is 35.6 Å². The second-order valence-corrected chi connectivity index (χ2v) is 10.3. The standard InChI is InChI=1S/C23H35N2O5P/c1-14(2)29-31(27,30-15(3)4)13-21(25-20-10-9-17(6)24-18(20)7)19-11-16(5)23(26)22(12-19)28-8/h9-12,14-15,21,25-26H,13H2,1-8H3. The Balaban J connectivity index is 2.53. The van der Waals surface area contributed by atoms with Crippen LogP contribution in [0.1, 0.15) is 56.3 Å². The van der Waals surface area contributed by atoms with Crippen molar-refractivity contribution in [3.05, 3.63) is 46.8 Å². The molecule has 0 aliphatic rings. The first kappa shape index (κ1) is 25.2. The van der Waals surface area contributed by atoms with E-state index < -0.39 is 13.6 Å². The summed E-state index contributed by atoms with van der Waals surface area (Å²) >= 11 is 0. The molecule has 8 heteroatoms. The molecule has 2 rings (SSSR count). The predicted molar refractivity (Wildman–Crippen MR) is 124 cm³/mol. The zero-order valence-electron chi connectivity index (χ0n) is 19.7. The molecular formula is C23H35N2O5P. The molecule has 7 nitrogen and oxygen atoms in total. The van der Waals surface area contributed by atoms with Gasteiger partial charge in [0.1, 0.15) is 0 Å². The Kier molecular flexibility index (Phi) is 8.52. The Morgan fingerprint density at radius 3 is 2.19 bits per heavy atom. The number of nitrogens with zero attached hydrogens (tertiary/aromatic N) is 1. The molecule has 0 saturated carbocycles. The van der Waals surface area contributed by atoms with Crippen molar-refractivity contribution in [3.8, 4) is 11.5 Å². The quantitative estimate of drug-likeness (QED) is 0.434. The number of benzene rings is 1. The van der Waals surface area contributed by atoms with Gasteiger partial charge in [-0.2, -0.15) is 0 Å². The van der Waals surface area contributed by atoms with Crippen LogP contribution in [0.25, 0.3) is 0 Å². The molecule has 0 aliphatic carbocycles. The van der Waals surface area contributed by atoms with E-state index in [0.29, 0.717) is 11.3 Å². The number of phenolic OH excluding ortho intramolecular Hbond substituents is 1. The summed E-state index contributed by atoms with van der Waals surface area (Å²) in [5, 5.41) is 13.7. The van der Waals surface area contributed by atoms with Gasteiger partial charge in [-0.3, -0.25) is 9.55 Å². The van der Waals surface area contributed by atoms with Gasteiger partial charge in [-0.25, -0.2) is 0 Å². The SMILES string of the molecule is COc1cc(C(CP(=O)(OC(C)C)OC(C)C)Nc2ccc(C)nc2C)cc(C)c1O. The van der Waals surface area contributed by atoms with Crippen molar-refractivity contribution in [2.24, 2.45) is 0 Å². The third kappa shape index (κ3) is 6.96. The highest BCUT2D eigenvalue weighted by atomic mass is 31.2. The van der Waals surface area contributed by atoms with E-state index in [9.17, 15) is 9.67 Å². The zero-order valence-corrected chi connectivity index (χ0v) is 20.6. The van der Waals surface area contributed by atoms with Crippen LogP contribution in [0.2, 0.25) is 0 Å². The van der Waals surface area contributed by atoms with Gasteiger partial charge in [-0.15, -0.1) is 0 Å². The number of aromatic hydroxyl groups is 1. The number of methoxy groups -OCH3 is 1. The maximum atomic E-state index is 13.7. The first-order chi connectivity index (χ1) is 14.4. The van der Waals surface area contributed by atoms with Crippen molar-refractivity contribution in [2.45, 2.75) is 66.7 Å². The van der Waals surface area contributed by atoms with Crippen molar-refractivity contribution >= 4 is 13.3 Å². The summed E-state index contributed by atoms with van der Waals surface area (Å²) in [7, 11) is -1.95. The summed E-state index contributed by atoms with van der Waals surface area (Å²) in [5.74, 6) is 0.433. The van der Waals surface area contributed by atoms with E-state index in [4.69, 9.17) is 13.8 Å². The Bertz CT molecular complexity index is 932. The number of nitrogens with one attached hydrogen (secondary N) is 1. The molecule has 31 heavy (non-hydrogen) atoms. The predicted octanol–water partition coefficient (Wildman–Crippen LogP) is 5.92. The molecule has 2 aromatic rings. The average Bonchev–Trinajstić information content (AvgIpc) is 2.63. The van der Waals surface area contributed by atoms with E-state index in [1.54, 1.807) is 13.0 Å². The number of hydrogen-bond acceptors (Lipinski definition) is 7. The molecule has 1 aromatic carbocycles. The number of ether oxygens (including phenoxy) is 1. The third-order valence-electron chi connectivity index (χ3n) is 4.61. The normalized spacial score (nSPS) is 13.0. The zero-order chi connectivity index (χ0) is 23.3. The van der Waals surface area contributed by atoms with Crippen LogP contribution in [0.15, 0.2) is 24.3 Å². The number of pyridine rings is 1. The lowest BCUT2D eigenvalue weighted by molar-refractivity contribution is 0.142. The minimum absolute atomic E-state index is 0.0817. The highest BCUT2D eigenvalue weighted by Crippen LogP contribution is 2.53. The van der Waals surface area contributed by atoms with Crippen LogP contribution in [-0.2, 0) is 13.6 Å². The van der Waals surface area contributed by atoms with Crippen molar-refractivity contribution in [2.75, 3.05) is 18.6 Å². The van der Waals surface area contributed by atoms with Crippen molar-refractivity contribution in [1.29, 1.82) is 0 Å². The summed E-state index contributed by atoms with van der Waals surface area (Å²) < 4.78 is 30.6. The van der Waals surface area contributed by atoms with Crippen LogP contribution in [0.3, 0.4) is 0 Å². The van der Waals surface area contributed by atoms with Gasteiger partial charge in [0.15, 0.2) is 11.5 Å². The van der Waals surface area contributed by atoms with Crippen LogP contribution < -0.4 is 10.1 Å². The van der Waals surface area contributed by atoms with Crippen molar-refractivity contribution in [1.82, 2.24) is 4.98 Å². The number of hydrogen-bond donors (Lipinski definition) is 2. The lowest BCUT2D eigenvalue weighted by Gasteiger charge is -2.29. The Morgan fingerprint density at radius 1 is 1.06 bits per heavy atom. The van der Waals surface area contributed by atoms with Crippen molar-refractivity contribution in [3.63, 3.8) is 0 Å². The van der Waals surface area contributed by atoms with Gasteiger partial charge in [0.05, 0.1) is 42.9 Å². The van der Waals surface area contributed by atoms with Gasteiger partial charge in [0.2, 0.25) is 0 Å². The minimum Gasteiger partial charge on any atom is -0.504 e. The van der Waals surface area contributed by atoms with Crippen LogP contribution >= 0.6 is 7.60 Å². The van der Waals surface area contributed by atoms with Gasteiger partial charge in [-0.1, -0.05) is 6.07 Å². The smallest absolute Gasteiger partial charge is 0.333 e. The monoisotopic (exact) mass is 450 g/mol. The first-order valence-corrected chi connectivity index (χ1v) is 12.2. The number of phenols is 1. The molecule has 1 atom stereocenters. The molecule has 1 unspecified atom stereocenters. The van der Waals surface area contributed by atoms with E-state index in [1.807, 2.05) is 59.7 Å². The topological polar surface area (TPSA) is 89.9 Å². The number of anilines is 1. The van der Waals surface area contributed by atoms with Gasteiger partial charge < -0.3 is 24.2 Å². The number of aromatic nitrogens is 1. The maximum Gasteiger partial charge on any atom is 0.333 e.